The fourth-order valence-corrected chi connectivity index (χ4v) is 3.65. The van der Waals surface area contributed by atoms with Crippen LogP contribution >= 0.6 is 12.4 Å². The van der Waals surface area contributed by atoms with E-state index in [0.717, 1.165) is 44.7 Å². The Morgan fingerprint density at radius 3 is 2.60 bits per heavy atom. The van der Waals surface area contributed by atoms with E-state index < -0.39 is 0 Å². The van der Waals surface area contributed by atoms with Gasteiger partial charge in [-0.1, -0.05) is 39.0 Å². The van der Waals surface area contributed by atoms with Crippen LogP contribution in [0.4, 0.5) is 0 Å². The maximum Gasteiger partial charge on any atom is 0.223 e. The first kappa shape index (κ1) is 17.8. The SMILES string of the molecule is CCCC(CC1CCCC1)C(=O)NC1CCCNC1.Cl. The van der Waals surface area contributed by atoms with E-state index >= 15 is 0 Å². The summed E-state index contributed by atoms with van der Waals surface area (Å²) in [6.07, 6.45) is 11.1. The standard InChI is InChI=1S/C16H30N2O.ClH/c1-2-6-14(11-13-7-3-4-8-13)16(19)18-15-9-5-10-17-12-15;/h13-15,17H,2-12H2,1H3,(H,18,19);1H. The smallest absolute Gasteiger partial charge is 0.223 e. The third-order valence-corrected chi connectivity index (χ3v) is 4.74. The number of piperidine rings is 1. The molecule has 0 aromatic rings. The zero-order chi connectivity index (χ0) is 13.5. The Bertz CT molecular complexity index is 274. The predicted molar refractivity (Wildman–Crippen MR) is 86.3 cm³/mol. The highest BCUT2D eigenvalue weighted by atomic mass is 35.5. The van der Waals surface area contributed by atoms with E-state index in [0.29, 0.717) is 11.9 Å². The molecule has 20 heavy (non-hydrogen) atoms. The van der Waals surface area contributed by atoms with Crippen LogP contribution in [0.3, 0.4) is 0 Å². The maximum absolute atomic E-state index is 12.5. The minimum Gasteiger partial charge on any atom is -0.352 e. The number of halogens is 1. The molecule has 118 valence electrons. The maximum atomic E-state index is 12.5. The normalized spacial score (nSPS) is 24.9. The summed E-state index contributed by atoms with van der Waals surface area (Å²) in [5.74, 6) is 1.39. The lowest BCUT2D eigenvalue weighted by Gasteiger charge is -2.27. The van der Waals surface area contributed by atoms with Crippen molar-refractivity contribution >= 4 is 18.3 Å². The molecule has 2 N–H and O–H groups in total. The molecule has 4 heteroatoms. The molecule has 2 fully saturated rings. The molecule has 1 heterocycles. The molecular formula is C16H31ClN2O. The summed E-state index contributed by atoms with van der Waals surface area (Å²) in [6, 6.07) is 0.365. The molecule has 1 saturated heterocycles. The first-order valence-electron chi connectivity index (χ1n) is 8.30. The zero-order valence-electron chi connectivity index (χ0n) is 12.8. The zero-order valence-corrected chi connectivity index (χ0v) is 13.6. The van der Waals surface area contributed by atoms with Gasteiger partial charge in [0, 0.05) is 18.5 Å². The predicted octanol–water partition coefficient (Wildman–Crippen LogP) is 3.27. The van der Waals surface area contributed by atoms with Gasteiger partial charge in [-0.05, 0) is 38.1 Å². The van der Waals surface area contributed by atoms with Crippen LogP contribution < -0.4 is 10.6 Å². The lowest BCUT2D eigenvalue weighted by molar-refractivity contribution is -0.126. The molecule has 1 saturated carbocycles. The molecule has 0 aromatic heterocycles. The summed E-state index contributed by atoms with van der Waals surface area (Å²) in [4.78, 5) is 12.5. The topological polar surface area (TPSA) is 41.1 Å². The molecule has 2 atom stereocenters. The van der Waals surface area contributed by atoms with Gasteiger partial charge in [0.25, 0.3) is 0 Å². The molecule has 1 aliphatic carbocycles. The van der Waals surface area contributed by atoms with Gasteiger partial charge in [0.15, 0.2) is 0 Å². The van der Waals surface area contributed by atoms with Gasteiger partial charge in [0.1, 0.15) is 0 Å². The second kappa shape index (κ2) is 9.62. The molecule has 0 aromatic carbocycles. The molecule has 0 spiro atoms. The second-order valence-corrected chi connectivity index (χ2v) is 6.42. The molecule has 2 aliphatic rings. The van der Waals surface area contributed by atoms with Crippen molar-refractivity contribution in [3.63, 3.8) is 0 Å². The molecule has 1 amide bonds. The fourth-order valence-electron chi connectivity index (χ4n) is 3.65. The average molecular weight is 303 g/mol. The third-order valence-electron chi connectivity index (χ3n) is 4.74. The van der Waals surface area contributed by atoms with Crippen molar-refractivity contribution in [2.75, 3.05) is 13.1 Å². The highest BCUT2D eigenvalue weighted by molar-refractivity contribution is 5.85. The van der Waals surface area contributed by atoms with Crippen LogP contribution in [0, 0.1) is 11.8 Å². The van der Waals surface area contributed by atoms with E-state index in [4.69, 9.17) is 0 Å². The largest absolute Gasteiger partial charge is 0.352 e. The lowest BCUT2D eigenvalue weighted by Crippen LogP contribution is -2.47. The van der Waals surface area contributed by atoms with E-state index in [-0.39, 0.29) is 18.3 Å². The molecular weight excluding hydrogens is 272 g/mol. The number of rotatable bonds is 6. The molecule has 1 aliphatic heterocycles. The van der Waals surface area contributed by atoms with E-state index in [2.05, 4.69) is 17.6 Å². The molecule has 2 unspecified atom stereocenters. The van der Waals surface area contributed by atoms with E-state index in [9.17, 15) is 4.79 Å². The molecule has 0 bridgehead atoms. The highest BCUT2D eigenvalue weighted by Crippen LogP contribution is 2.31. The number of hydrogen-bond donors (Lipinski definition) is 2. The molecule has 3 nitrogen and oxygen atoms in total. The minimum atomic E-state index is 0. The van der Waals surface area contributed by atoms with Gasteiger partial charge >= 0.3 is 0 Å². The van der Waals surface area contributed by atoms with E-state index in [1.54, 1.807) is 0 Å². The number of carbonyl (C=O) groups excluding carboxylic acids is 1. The van der Waals surface area contributed by atoms with Crippen molar-refractivity contribution in [3.8, 4) is 0 Å². The summed E-state index contributed by atoms with van der Waals surface area (Å²) in [5, 5.41) is 6.65. The van der Waals surface area contributed by atoms with Crippen molar-refractivity contribution in [2.24, 2.45) is 11.8 Å². The van der Waals surface area contributed by atoms with Crippen LogP contribution in [-0.4, -0.2) is 25.0 Å². The summed E-state index contributed by atoms with van der Waals surface area (Å²) < 4.78 is 0. The first-order valence-corrected chi connectivity index (χ1v) is 8.30. The van der Waals surface area contributed by atoms with Gasteiger partial charge in [-0.2, -0.15) is 0 Å². The van der Waals surface area contributed by atoms with Gasteiger partial charge in [0.2, 0.25) is 5.91 Å². The number of nitrogens with one attached hydrogen (secondary N) is 2. The van der Waals surface area contributed by atoms with Crippen LogP contribution in [0.1, 0.15) is 64.7 Å². The number of carbonyl (C=O) groups is 1. The Morgan fingerprint density at radius 1 is 1.25 bits per heavy atom. The third kappa shape index (κ3) is 5.61. The van der Waals surface area contributed by atoms with E-state index in [1.807, 2.05) is 0 Å². The van der Waals surface area contributed by atoms with Crippen molar-refractivity contribution in [1.29, 1.82) is 0 Å². The summed E-state index contributed by atoms with van der Waals surface area (Å²) in [7, 11) is 0. The Kier molecular flexibility index (Phi) is 8.55. The van der Waals surface area contributed by atoms with Crippen molar-refractivity contribution in [3.05, 3.63) is 0 Å². The fraction of sp³-hybridized carbons (Fsp3) is 0.938. The van der Waals surface area contributed by atoms with Crippen LogP contribution in [0.5, 0.6) is 0 Å². The van der Waals surface area contributed by atoms with Gasteiger partial charge in [0.05, 0.1) is 0 Å². The Labute approximate surface area is 130 Å². The highest BCUT2D eigenvalue weighted by Gasteiger charge is 2.26. The summed E-state index contributed by atoms with van der Waals surface area (Å²) in [6.45, 7) is 4.25. The van der Waals surface area contributed by atoms with Crippen LogP contribution in [0.2, 0.25) is 0 Å². The molecule has 0 radical (unpaired) electrons. The van der Waals surface area contributed by atoms with Gasteiger partial charge in [-0.25, -0.2) is 0 Å². The summed E-state index contributed by atoms with van der Waals surface area (Å²) >= 11 is 0. The first-order chi connectivity index (χ1) is 9.29. The monoisotopic (exact) mass is 302 g/mol. The Balaban J connectivity index is 0.00000200. The average Bonchev–Trinajstić information content (AvgIpc) is 2.92. The van der Waals surface area contributed by atoms with Crippen LogP contribution in [0.25, 0.3) is 0 Å². The molecule has 2 rings (SSSR count). The Hall–Kier alpha value is -0.280. The van der Waals surface area contributed by atoms with Gasteiger partial charge in [-0.15, -0.1) is 12.4 Å². The van der Waals surface area contributed by atoms with Crippen LogP contribution in [-0.2, 0) is 4.79 Å². The number of amides is 1. The van der Waals surface area contributed by atoms with Crippen molar-refractivity contribution < 1.29 is 4.79 Å². The lowest BCUT2D eigenvalue weighted by atomic mass is 9.89. The van der Waals surface area contributed by atoms with Gasteiger partial charge < -0.3 is 10.6 Å². The van der Waals surface area contributed by atoms with Crippen molar-refractivity contribution in [1.82, 2.24) is 10.6 Å². The van der Waals surface area contributed by atoms with Crippen molar-refractivity contribution in [2.45, 2.75) is 70.8 Å². The quantitative estimate of drug-likeness (QED) is 0.790. The van der Waals surface area contributed by atoms with E-state index in [1.165, 1.54) is 32.1 Å². The van der Waals surface area contributed by atoms with Crippen LogP contribution in [0.15, 0.2) is 0 Å². The second-order valence-electron chi connectivity index (χ2n) is 6.42. The number of hydrogen-bond acceptors (Lipinski definition) is 2. The Morgan fingerprint density at radius 2 is 2.00 bits per heavy atom. The summed E-state index contributed by atoms with van der Waals surface area (Å²) in [5.41, 5.74) is 0. The van der Waals surface area contributed by atoms with Gasteiger partial charge in [-0.3, -0.25) is 4.79 Å². The minimum absolute atomic E-state index is 0.